The van der Waals surface area contributed by atoms with Crippen LogP contribution in [0.25, 0.3) is 0 Å². The first kappa shape index (κ1) is 36.9. The van der Waals surface area contributed by atoms with Crippen LogP contribution in [0.4, 0.5) is 11.9 Å². The Morgan fingerprint density at radius 2 is 1.17 bits per heavy atom. The Hall–Kier alpha value is -1.33. The molecule has 0 unspecified atom stereocenters. The molecule has 0 bridgehead atoms. The van der Waals surface area contributed by atoms with Crippen LogP contribution in [0.5, 0.6) is 6.01 Å². The number of ether oxygens (including phenoxy) is 1. The molecular weight excluding hydrogens is 546 g/mol. The van der Waals surface area contributed by atoms with Crippen LogP contribution < -0.4 is 14.5 Å². The number of hydrogen-bond acceptors (Lipinski definition) is 8. The number of rotatable bonds is 27. The lowest BCUT2D eigenvalue weighted by Crippen LogP contribution is -2.47. The lowest BCUT2D eigenvalue weighted by Gasteiger charge is -2.28. The average molecular weight is 611 g/mol. The first-order chi connectivity index (χ1) is 20.5. The number of likely N-dealkylation sites (tertiary alicyclic amines) is 1. The Bertz CT molecular complexity index is 796. The summed E-state index contributed by atoms with van der Waals surface area (Å²) in [7, 11) is -0.578. The van der Waals surface area contributed by atoms with Gasteiger partial charge in [0.1, 0.15) is 0 Å². The summed E-state index contributed by atoms with van der Waals surface area (Å²) < 4.78 is 24.8. The fraction of sp³-hybridized carbons (Fsp3) is 0.906. The van der Waals surface area contributed by atoms with E-state index in [-0.39, 0.29) is 0 Å². The summed E-state index contributed by atoms with van der Waals surface area (Å²) in [4.78, 5) is 14.2. The Kier molecular flexibility index (Phi) is 19.5. The lowest BCUT2D eigenvalue weighted by molar-refractivity contribution is 0.0671. The molecule has 1 aromatic heterocycles. The van der Waals surface area contributed by atoms with Gasteiger partial charge in [-0.1, -0.05) is 90.4 Å². The van der Waals surface area contributed by atoms with Crippen LogP contribution in [0.15, 0.2) is 0 Å². The molecule has 2 rings (SSSR count). The molecule has 1 aliphatic heterocycles. The third kappa shape index (κ3) is 14.4. The molecule has 2 heterocycles. The molecule has 1 N–H and O–H groups in total. The van der Waals surface area contributed by atoms with E-state index in [1.807, 2.05) is 20.8 Å². The van der Waals surface area contributed by atoms with Crippen molar-refractivity contribution in [1.82, 2.24) is 19.4 Å². The van der Waals surface area contributed by atoms with Crippen molar-refractivity contribution < 1.29 is 18.0 Å². The SMILES string of the molecule is CCCCCCCCCCCCCCCCNc1nc(OCC[Si](OCC)(OCC)OCC)nc([N+]2(C)CCCC2)n1. The molecule has 1 aromatic rings. The number of quaternary nitrogens is 1. The number of nitrogens with one attached hydrogen (secondary N) is 1. The molecule has 0 saturated carbocycles. The van der Waals surface area contributed by atoms with Crippen LogP contribution in [0, 0.1) is 0 Å². The summed E-state index contributed by atoms with van der Waals surface area (Å²) in [6.07, 6.45) is 21.4. The summed E-state index contributed by atoms with van der Waals surface area (Å²) in [6.45, 7) is 13.1. The zero-order chi connectivity index (χ0) is 30.4. The van der Waals surface area contributed by atoms with Gasteiger partial charge >= 0.3 is 20.8 Å². The topological polar surface area (TPSA) is 87.6 Å². The molecule has 0 amide bonds. The summed E-state index contributed by atoms with van der Waals surface area (Å²) in [5.74, 6) is 1.39. The maximum Gasteiger partial charge on any atom is 0.504 e. The van der Waals surface area contributed by atoms with Gasteiger partial charge in [-0.3, -0.25) is 4.48 Å². The molecule has 10 heteroatoms. The van der Waals surface area contributed by atoms with Crippen molar-refractivity contribution in [3.8, 4) is 6.01 Å². The second-order valence-electron chi connectivity index (χ2n) is 11.9. The van der Waals surface area contributed by atoms with Gasteiger partial charge in [-0.25, -0.2) is 0 Å². The second-order valence-corrected chi connectivity index (χ2v) is 14.6. The van der Waals surface area contributed by atoms with Gasteiger partial charge in [0.25, 0.3) is 0 Å². The van der Waals surface area contributed by atoms with Crippen LogP contribution >= 0.6 is 0 Å². The number of hydrogen-bond donors (Lipinski definition) is 1. The standard InChI is InChI=1S/C32H64N5O4Si/c1-6-10-11-12-13-14-15-16-17-18-19-20-21-22-25-33-30-34-31(37(5)26-23-24-27-37)36-32(35-30)38-28-29-42(39-7-2,40-8-3)41-9-4/h6-29H2,1-5H3,(H,33,34,35,36)/q+1. The van der Waals surface area contributed by atoms with Crippen molar-refractivity contribution in [2.75, 3.05) is 58.4 Å². The second kappa shape index (κ2) is 22.2. The van der Waals surface area contributed by atoms with Crippen molar-refractivity contribution >= 4 is 20.7 Å². The van der Waals surface area contributed by atoms with E-state index in [9.17, 15) is 0 Å². The number of nitrogens with zero attached hydrogens (tertiary/aromatic N) is 4. The van der Waals surface area contributed by atoms with Gasteiger partial charge in [-0.05, 0) is 27.2 Å². The number of aromatic nitrogens is 3. The predicted octanol–water partition coefficient (Wildman–Crippen LogP) is 7.92. The first-order valence-electron chi connectivity index (χ1n) is 17.4. The largest absolute Gasteiger partial charge is 0.504 e. The Labute approximate surface area is 258 Å². The van der Waals surface area contributed by atoms with Crippen LogP contribution in [-0.4, -0.2) is 76.9 Å². The molecule has 9 nitrogen and oxygen atoms in total. The van der Waals surface area contributed by atoms with Gasteiger partial charge in [0.15, 0.2) is 0 Å². The Balaban J connectivity index is 1.76. The van der Waals surface area contributed by atoms with Crippen molar-refractivity contribution in [3.63, 3.8) is 0 Å². The molecule has 0 aliphatic carbocycles. The predicted molar refractivity (Wildman–Crippen MR) is 176 cm³/mol. The quantitative estimate of drug-likeness (QED) is 0.0611. The monoisotopic (exact) mass is 610 g/mol. The zero-order valence-electron chi connectivity index (χ0n) is 27.9. The van der Waals surface area contributed by atoms with Crippen molar-refractivity contribution in [2.45, 2.75) is 136 Å². The van der Waals surface area contributed by atoms with Gasteiger partial charge in [0.2, 0.25) is 5.95 Å². The maximum atomic E-state index is 6.10. The molecule has 0 radical (unpaired) electrons. The summed E-state index contributed by atoms with van der Waals surface area (Å²) >= 11 is 0. The van der Waals surface area contributed by atoms with E-state index < -0.39 is 8.80 Å². The summed E-state index contributed by atoms with van der Waals surface area (Å²) in [6, 6.07) is 0.916. The highest BCUT2D eigenvalue weighted by atomic mass is 28.4. The van der Waals surface area contributed by atoms with E-state index in [0.717, 1.165) is 36.5 Å². The Morgan fingerprint density at radius 3 is 1.67 bits per heavy atom. The highest BCUT2D eigenvalue weighted by Crippen LogP contribution is 2.26. The Morgan fingerprint density at radius 1 is 0.667 bits per heavy atom. The van der Waals surface area contributed by atoms with E-state index >= 15 is 0 Å². The van der Waals surface area contributed by atoms with Gasteiger partial charge in [-0.2, -0.15) is 4.98 Å². The highest BCUT2D eigenvalue weighted by Gasteiger charge is 2.40. The molecule has 0 atom stereocenters. The number of anilines is 1. The van der Waals surface area contributed by atoms with E-state index in [4.69, 9.17) is 28.0 Å². The molecule has 1 fully saturated rings. The van der Waals surface area contributed by atoms with E-state index in [1.54, 1.807) is 0 Å². The van der Waals surface area contributed by atoms with E-state index in [1.165, 1.54) is 96.3 Å². The minimum atomic E-state index is -2.79. The lowest BCUT2D eigenvalue weighted by atomic mass is 10.0. The number of unbranched alkanes of at least 4 members (excludes halogenated alkanes) is 13. The molecule has 42 heavy (non-hydrogen) atoms. The fourth-order valence-corrected chi connectivity index (χ4v) is 8.11. The average Bonchev–Trinajstić information content (AvgIpc) is 3.43. The molecule has 1 aliphatic rings. The van der Waals surface area contributed by atoms with Crippen LogP contribution in [0.1, 0.15) is 130 Å². The minimum Gasteiger partial charge on any atom is -0.463 e. The van der Waals surface area contributed by atoms with Crippen LogP contribution in [0.2, 0.25) is 6.04 Å². The van der Waals surface area contributed by atoms with E-state index in [0.29, 0.717) is 44.4 Å². The third-order valence-corrected chi connectivity index (χ3v) is 11.2. The van der Waals surface area contributed by atoms with Gasteiger partial charge < -0.3 is 23.3 Å². The highest BCUT2D eigenvalue weighted by molar-refractivity contribution is 6.60. The maximum absolute atomic E-state index is 6.10. The molecule has 0 aromatic carbocycles. The van der Waals surface area contributed by atoms with Gasteiger partial charge in [-0.15, -0.1) is 9.97 Å². The minimum absolute atomic E-state index is 0.363. The molecular formula is C32H64N5O4Si+. The van der Waals surface area contributed by atoms with Crippen LogP contribution in [0.3, 0.4) is 0 Å². The van der Waals surface area contributed by atoms with Gasteiger partial charge in [0.05, 0.1) is 32.8 Å². The zero-order valence-corrected chi connectivity index (χ0v) is 28.9. The first-order valence-corrected chi connectivity index (χ1v) is 19.3. The molecule has 0 spiro atoms. The smallest absolute Gasteiger partial charge is 0.463 e. The fourth-order valence-electron chi connectivity index (χ4n) is 5.75. The third-order valence-electron chi connectivity index (χ3n) is 8.18. The molecule has 244 valence electrons. The van der Waals surface area contributed by atoms with Gasteiger partial charge in [0, 0.05) is 39.2 Å². The van der Waals surface area contributed by atoms with Crippen molar-refractivity contribution in [2.24, 2.45) is 0 Å². The summed E-state index contributed by atoms with van der Waals surface area (Å²) in [5, 5.41) is 3.46. The normalized spacial score (nSPS) is 14.9. The van der Waals surface area contributed by atoms with Crippen molar-refractivity contribution in [1.29, 1.82) is 0 Å². The summed E-state index contributed by atoms with van der Waals surface area (Å²) in [5.41, 5.74) is 0. The van der Waals surface area contributed by atoms with E-state index in [2.05, 4.69) is 24.3 Å². The molecule has 1 saturated heterocycles. The van der Waals surface area contributed by atoms with Crippen LogP contribution in [-0.2, 0) is 13.3 Å². The van der Waals surface area contributed by atoms with Crippen molar-refractivity contribution in [3.05, 3.63) is 0 Å².